The standard InChI is InChI=1S/C16H23N5O2/c1-11(2)16-20-19-14(23-16)6-7-15(22)21-10-4-3-5-13(21)12-8-9-17-18-12/h8-9,11,13H,3-7,10H2,1-2H3,(H,17,18). The molecule has 23 heavy (non-hydrogen) atoms. The van der Waals surface area contributed by atoms with Crippen molar-refractivity contribution in [1.82, 2.24) is 25.3 Å². The summed E-state index contributed by atoms with van der Waals surface area (Å²) in [4.78, 5) is 14.6. The van der Waals surface area contributed by atoms with Gasteiger partial charge < -0.3 is 9.32 Å². The van der Waals surface area contributed by atoms with Crippen molar-refractivity contribution in [2.75, 3.05) is 6.54 Å². The highest BCUT2D eigenvalue weighted by molar-refractivity contribution is 5.77. The molecule has 7 heteroatoms. The molecule has 3 rings (SSSR count). The van der Waals surface area contributed by atoms with E-state index in [1.807, 2.05) is 24.8 Å². The number of rotatable bonds is 5. The molecule has 3 heterocycles. The predicted molar refractivity (Wildman–Crippen MR) is 83.6 cm³/mol. The maximum absolute atomic E-state index is 12.6. The van der Waals surface area contributed by atoms with Gasteiger partial charge >= 0.3 is 0 Å². The molecule has 0 saturated carbocycles. The van der Waals surface area contributed by atoms with Gasteiger partial charge in [-0.1, -0.05) is 13.8 Å². The van der Waals surface area contributed by atoms with E-state index in [2.05, 4.69) is 20.4 Å². The summed E-state index contributed by atoms with van der Waals surface area (Å²) in [6.07, 6.45) is 5.78. The van der Waals surface area contributed by atoms with Gasteiger partial charge in [0.25, 0.3) is 0 Å². The van der Waals surface area contributed by atoms with Crippen molar-refractivity contribution in [2.45, 2.75) is 57.9 Å². The fourth-order valence-corrected chi connectivity index (χ4v) is 2.96. The van der Waals surface area contributed by atoms with Gasteiger partial charge in [-0.25, -0.2) is 0 Å². The van der Waals surface area contributed by atoms with Crippen LogP contribution in [0.15, 0.2) is 16.7 Å². The van der Waals surface area contributed by atoms with Gasteiger partial charge in [0.05, 0.1) is 11.7 Å². The fraction of sp³-hybridized carbons (Fsp3) is 0.625. The monoisotopic (exact) mass is 317 g/mol. The van der Waals surface area contributed by atoms with E-state index in [-0.39, 0.29) is 17.9 Å². The average molecular weight is 317 g/mol. The second-order valence-corrected chi connectivity index (χ2v) is 6.30. The van der Waals surface area contributed by atoms with Crippen LogP contribution in [0.5, 0.6) is 0 Å². The molecule has 2 aromatic rings. The quantitative estimate of drug-likeness (QED) is 0.915. The van der Waals surface area contributed by atoms with Crippen molar-refractivity contribution in [3.8, 4) is 0 Å². The summed E-state index contributed by atoms with van der Waals surface area (Å²) in [5.41, 5.74) is 1.01. The maximum Gasteiger partial charge on any atom is 0.223 e. The summed E-state index contributed by atoms with van der Waals surface area (Å²) in [6.45, 7) is 4.81. The zero-order valence-electron chi connectivity index (χ0n) is 13.7. The predicted octanol–water partition coefficient (Wildman–Crippen LogP) is 2.60. The lowest BCUT2D eigenvalue weighted by Crippen LogP contribution is -2.38. The normalized spacial score (nSPS) is 18.6. The number of amides is 1. The van der Waals surface area contributed by atoms with E-state index in [1.54, 1.807) is 6.20 Å². The topological polar surface area (TPSA) is 87.9 Å². The Kier molecular flexibility index (Phi) is 4.73. The molecule has 1 unspecified atom stereocenters. The zero-order valence-corrected chi connectivity index (χ0v) is 13.7. The van der Waals surface area contributed by atoms with E-state index in [0.29, 0.717) is 24.6 Å². The molecule has 1 amide bonds. The molecule has 1 aliphatic rings. The van der Waals surface area contributed by atoms with Crippen molar-refractivity contribution in [3.05, 3.63) is 29.7 Å². The number of carbonyl (C=O) groups excluding carboxylic acids is 1. The number of nitrogens with zero attached hydrogens (tertiary/aromatic N) is 4. The molecule has 0 bridgehead atoms. The number of nitrogens with one attached hydrogen (secondary N) is 1. The molecule has 1 N–H and O–H groups in total. The lowest BCUT2D eigenvalue weighted by molar-refractivity contribution is -0.135. The van der Waals surface area contributed by atoms with Crippen LogP contribution in [-0.2, 0) is 11.2 Å². The van der Waals surface area contributed by atoms with Gasteiger partial charge in [0, 0.05) is 31.5 Å². The van der Waals surface area contributed by atoms with Crippen LogP contribution in [-0.4, -0.2) is 37.7 Å². The smallest absolute Gasteiger partial charge is 0.223 e. The highest BCUT2D eigenvalue weighted by Gasteiger charge is 2.28. The summed E-state index contributed by atoms with van der Waals surface area (Å²) in [5.74, 6) is 1.50. The summed E-state index contributed by atoms with van der Waals surface area (Å²) in [5, 5.41) is 15.0. The number of piperidine rings is 1. The van der Waals surface area contributed by atoms with Crippen LogP contribution in [0, 0.1) is 0 Å². The minimum Gasteiger partial charge on any atom is -0.425 e. The molecule has 1 fully saturated rings. The SMILES string of the molecule is CC(C)c1nnc(CCC(=O)N2CCCCC2c2ccn[nH]2)o1. The molecule has 0 radical (unpaired) electrons. The first-order valence-electron chi connectivity index (χ1n) is 8.26. The van der Waals surface area contributed by atoms with Crippen molar-refractivity contribution < 1.29 is 9.21 Å². The molecule has 0 spiro atoms. The maximum atomic E-state index is 12.6. The zero-order chi connectivity index (χ0) is 16.2. The minimum absolute atomic E-state index is 0.104. The van der Waals surface area contributed by atoms with Gasteiger partial charge in [0.15, 0.2) is 0 Å². The summed E-state index contributed by atoms with van der Waals surface area (Å²) in [6, 6.07) is 2.05. The molecule has 0 aliphatic carbocycles. The number of aryl methyl sites for hydroxylation is 1. The Morgan fingerprint density at radius 3 is 3.00 bits per heavy atom. The van der Waals surface area contributed by atoms with Gasteiger partial charge in [0.1, 0.15) is 0 Å². The van der Waals surface area contributed by atoms with E-state index in [9.17, 15) is 4.79 Å². The number of aromatic nitrogens is 4. The third-order valence-electron chi connectivity index (χ3n) is 4.23. The summed E-state index contributed by atoms with van der Waals surface area (Å²) in [7, 11) is 0. The number of carbonyl (C=O) groups is 1. The Labute approximate surface area is 135 Å². The lowest BCUT2D eigenvalue weighted by Gasteiger charge is -2.35. The van der Waals surface area contributed by atoms with E-state index in [1.165, 1.54) is 0 Å². The van der Waals surface area contributed by atoms with Crippen molar-refractivity contribution in [2.24, 2.45) is 0 Å². The Morgan fingerprint density at radius 1 is 1.43 bits per heavy atom. The van der Waals surface area contributed by atoms with E-state index in [0.717, 1.165) is 31.5 Å². The average Bonchev–Trinajstić information content (AvgIpc) is 3.24. The van der Waals surface area contributed by atoms with Crippen LogP contribution in [0.3, 0.4) is 0 Å². The first kappa shape index (κ1) is 15.7. The van der Waals surface area contributed by atoms with Crippen LogP contribution in [0.1, 0.15) is 69.0 Å². The van der Waals surface area contributed by atoms with Crippen molar-refractivity contribution in [3.63, 3.8) is 0 Å². The highest BCUT2D eigenvalue weighted by Crippen LogP contribution is 2.30. The second-order valence-electron chi connectivity index (χ2n) is 6.30. The Morgan fingerprint density at radius 2 is 2.30 bits per heavy atom. The van der Waals surface area contributed by atoms with E-state index in [4.69, 9.17) is 4.42 Å². The minimum atomic E-state index is 0.104. The second kappa shape index (κ2) is 6.93. The van der Waals surface area contributed by atoms with Gasteiger partial charge in [-0.15, -0.1) is 10.2 Å². The molecule has 1 aliphatic heterocycles. The van der Waals surface area contributed by atoms with Crippen LogP contribution in [0.4, 0.5) is 0 Å². The molecule has 124 valence electrons. The largest absolute Gasteiger partial charge is 0.425 e. The Bertz CT molecular complexity index is 635. The van der Waals surface area contributed by atoms with Crippen molar-refractivity contribution >= 4 is 5.91 Å². The molecular formula is C16H23N5O2. The molecule has 1 atom stereocenters. The molecule has 7 nitrogen and oxygen atoms in total. The number of H-pyrrole nitrogens is 1. The lowest BCUT2D eigenvalue weighted by atomic mass is 9.99. The first-order chi connectivity index (χ1) is 11.1. The third kappa shape index (κ3) is 3.60. The van der Waals surface area contributed by atoms with E-state index >= 15 is 0 Å². The van der Waals surface area contributed by atoms with Crippen LogP contribution < -0.4 is 0 Å². The molecule has 1 saturated heterocycles. The number of hydrogen-bond acceptors (Lipinski definition) is 5. The van der Waals surface area contributed by atoms with Crippen LogP contribution in [0.25, 0.3) is 0 Å². The number of hydrogen-bond donors (Lipinski definition) is 1. The van der Waals surface area contributed by atoms with Gasteiger partial charge in [0.2, 0.25) is 17.7 Å². The molecule has 2 aromatic heterocycles. The van der Waals surface area contributed by atoms with Gasteiger partial charge in [-0.05, 0) is 25.3 Å². The van der Waals surface area contributed by atoms with Crippen molar-refractivity contribution in [1.29, 1.82) is 0 Å². The van der Waals surface area contributed by atoms with Crippen LogP contribution >= 0.6 is 0 Å². The van der Waals surface area contributed by atoms with Gasteiger partial charge in [-0.3, -0.25) is 9.89 Å². The molecule has 0 aromatic carbocycles. The van der Waals surface area contributed by atoms with Crippen LogP contribution in [0.2, 0.25) is 0 Å². The molecular weight excluding hydrogens is 294 g/mol. The number of likely N-dealkylation sites (tertiary alicyclic amines) is 1. The fourth-order valence-electron chi connectivity index (χ4n) is 2.96. The summed E-state index contributed by atoms with van der Waals surface area (Å²) < 4.78 is 5.57. The summed E-state index contributed by atoms with van der Waals surface area (Å²) >= 11 is 0. The highest BCUT2D eigenvalue weighted by atomic mass is 16.4. The number of aromatic amines is 1. The Hall–Kier alpha value is -2.18. The Balaban J connectivity index is 1.61. The van der Waals surface area contributed by atoms with Gasteiger partial charge in [-0.2, -0.15) is 5.10 Å². The van der Waals surface area contributed by atoms with E-state index < -0.39 is 0 Å². The third-order valence-corrected chi connectivity index (χ3v) is 4.23. The first-order valence-corrected chi connectivity index (χ1v) is 8.26.